The number of benzene rings is 2. The molecular formula is C26H33N3O3. The summed E-state index contributed by atoms with van der Waals surface area (Å²) in [7, 11) is 1.64. The van der Waals surface area contributed by atoms with Gasteiger partial charge in [0.15, 0.2) is 0 Å². The van der Waals surface area contributed by atoms with Crippen molar-refractivity contribution >= 4 is 11.8 Å². The summed E-state index contributed by atoms with van der Waals surface area (Å²) in [6.07, 6.45) is 4.45. The molecule has 32 heavy (non-hydrogen) atoms. The highest BCUT2D eigenvalue weighted by atomic mass is 16.5. The van der Waals surface area contributed by atoms with Crippen LogP contribution in [0.4, 0.5) is 0 Å². The fourth-order valence-electron chi connectivity index (χ4n) is 4.71. The summed E-state index contributed by atoms with van der Waals surface area (Å²) in [6, 6.07) is 15.9. The van der Waals surface area contributed by atoms with E-state index in [4.69, 9.17) is 4.74 Å². The summed E-state index contributed by atoms with van der Waals surface area (Å²) >= 11 is 0. The van der Waals surface area contributed by atoms with Gasteiger partial charge in [0.05, 0.1) is 13.2 Å². The quantitative estimate of drug-likeness (QED) is 0.625. The zero-order chi connectivity index (χ0) is 22.3. The average molecular weight is 436 g/mol. The van der Waals surface area contributed by atoms with Crippen molar-refractivity contribution in [3.63, 3.8) is 0 Å². The number of fused-ring (bicyclic) bond motifs is 1. The standard InChI is InChI=1S/C26H33N3O3/c1-32-23-12-8-19(9-13-23)15-28-25(30)20-10-6-18(7-11-20)16-29-26(31)24-14-21-4-2-3-5-22(21)17-27-24/h2-5,8-9,12-13,18,20,24,27H,6-7,10-11,14-17H2,1H3,(H,28,30)(H,29,31)/t18?,20?,24-/m1/s1. The molecule has 1 aliphatic heterocycles. The molecule has 1 heterocycles. The summed E-state index contributed by atoms with van der Waals surface area (Å²) < 4.78 is 5.17. The van der Waals surface area contributed by atoms with Crippen molar-refractivity contribution in [2.75, 3.05) is 13.7 Å². The van der Waals surface area contributed by atoms with Crippen molar-refractivity contribution in [1.82, 2.24) is 16.0 Å². The Bertz CT molecular complexity index is 920. The largest absolute Gasteiger partial charge is 0.497 e. The Kier molecular flexibility index (Phi) is 7.43. The van der Waals surface area contributed by atoms with Crippen LogP contribution in [0.3, 0.4) is 0 Å². The second kappa shape index (κ2) is 10.6. The molecule has 0 spiro atoms. The molecule has 2 aliphatic rings. The number of amides is 2. The molecule has 2 aromatic carbocycles. The maximum Gasteiger partial charge on any atom is 0.237 e. The van der Waals surface area contributed by atoms with E-state index < -0.39 is 0 Å². The highest BCUT2D eigenvalue weighted by molar-refractivity contribution is 5.82. The van der Waals surface area contributed by atoms with E-state index in [9.17, 15) is 9.59 Å². The van der Waals surface area contributed by atoms with Crippen LogP contribution in [0.1, 0.15) is 42.4 Å². The molecule has 1 fully saturated rings. The summed E-state index contributed by atoms with van der Waals surface area (Å²) in [5, 5.41) is 9.55. The molecule has 0 aromatic heterocycles. The molecule has 0 saturated heterocycles. The molecular weight excluding hydrogens is 402 g/mol. The minimum Gasteiger partial charge on any atom is -0.497 e. The van der Waals surface area contributed by atoms with Crippen LogP contribution in [0.25, 0.3) is 0 Å². The Balaban J connectivity index is 1.15. The number of methoxy groups -OCH3 is 1. The van der Waals surface area contributed by atoms with Gasteiger partial charge in [-0.2, -0.15) is 0 Å². The molecule has 0 radical (unpaired) electrons. The van der Waals surface area contributed by atoms with Gasteiger partial charge in [0.1, 0.15) is 5.75 Å². The second-order valence-electron chi connectivity index (χ2n) is 8.94. The monoisotopic (exact) mass is 435 g/mol. The first-order valence-electron chi connectivity index (χ1n) is 11.6. The maximum absolute atomic E-state index is 12.6. The number of nitrogens with one attached hydrogen (secondary N) is 3. The first-order chi connectivity index (χ1) is 15.6. The lowest BCUT2D eigenvalue weighted by atomic mass is 9.81. The van der Waals surface area contributed by atoms with Gasteiger partial charge in [-0.3, -0.25) is 9.59 Å². The lowest BCUT2D eigenvalue weighted by molar-refractivity contribution is -0.127. The fraction of sp³-hybridized carbons (Fsp3) is 0.462. The van der Waals surface area contributed by atoms with Gasteiger partial charge in [-0.05, 0) is 66.8 Å². The predicted octanol–water partition coefficient (Wildman–Crippen LogP) is 2.95. The number of carbonyl (C=O) groups is 2. The van der Waals surface area contributed by atoms with Crippen molar-refractivity contribution in [3.8, 4) is 5.75 Å². The molecule has 170 valence electrons. The van der Waals surface area contributed by atoms with E-state index in [1.165, 1.54) is 11.1 Å². The SMILES string of the molecule is COc1ccc(CNC(=O)C2CCC(CNC(=O)[C@H]3Cc4ccccc4CN3)CC2)cc1. The van der Waals surface area contributed by atoms with E-state index in [0.29, 0.717) is 19.0 Å². The van der Waals surface area contributed by atoms with Crippen LogP contribution in [0.5, 0.6) is 5.75 Å². The van der Waals surface area contributed by atoms with Gasteiger partial charge in [0, 0.05) is 25.6 Å². The third-order valence-electron chi connectivity index (χ3n) is 6.81. The first kappa shape index (κ1) is 22.3. The van der Waals surface area contributed by atoms with Gasteiger partial charge in [-0.1, -0.05) is 36.4 Å². The number of ether oxygens (including phenoxy) is 1. The molecule has 2 aromatic rings. The van der Waals surface area contributed by atoms with Crippen LogP contribution in [0.2, 0.25) is 0 Å². The molecule has 1 aliphatic carbocycles. The highest BCUT2D eigenvalue weighted by Crippen LogP contribution is 2.28. The Labute approximate surface area is 190 Å². The molecule has 6 nitrogen and oxygen atoms in total. The maximum atomic E-state index is 12.6. The third kappa shape index (κ3) is 5.68. The van der Waals surface area contributed by atoms with E-state index in [2.05, 4.69) is 28.1 Å². The van der Waals surface area contributed by atoms with Crippen LogP contribution in [-0.4, -0.2) is 31.5 Å². The van der Waals surface area contributed by atoms with Gasteiger partial charge in [0.2, 0.25) is 11.8 Å². The van der Waals surface area contributed by atoms with Gasteiger partial charge in [-0.15, -0.1) is 0 Å². The molecule has 2 amide bonds. The average Bonchev–Trinajstić information content (AvgIpc) is 2.86. The van der Waals surface area contributed by atoms with Crippen molar-refractivity contribution in [2.24, 2.45) is 11.8 Å². The lowest BCUT2D eigenvalue weighted by Gasteiger charge is -2.29. The second-order valence-corrected chi connectivity index (χ2v) is 8.94. The van der Waals surface area contributed by atoms with E-state index in [-0.39, 0.29) is 23.8 Å². The number of hydrogen-bond acceptors (Lipinski definition) is 4. The van der Waals surface area contributed by atoms with Crippen LogP contribution >= 0.6 is 0 Å². The Hall–Kier alpha value is -2.86. The third-order valence-corrected chi connectivity index (χ3v) is 6.81. The zero-order valence-electron chi connectivity index (χ0n) is 18.7. The van der Waals surface area contributed by atoms with E-state index in [1.807, 2.05) is 36.4 Å². The molecule has 0 unspecified atom stereocenters. The van der Waals surface area contributed by atoms with Crippen molar-refractivity contribution in [1.29, 1.82) is 0 Å². The summed E-state index contributed by atoms with van der Waals surface area (Å²) in [5.41, 5.74) is 3.60. The van der Waals surface area contributed by atoms with Gasteiger partial charge >= 0.3 is 0 Å². The van der Waals surface area contributed by atoms with Crippen LogP contribution < -0.4 is 20.7 Å². The topological polar surface area (TPSA) is 79.5 Å². The smallest absolute Gasteiger partial charge is 0.237 e. The predicted molar refractivity (Wildman–Crippen MR) is 124 cm³/mol. The van der Waals surface area contributed by atoms with Gasteiger partial charge in [-0.25, -0.2) is 0 Å². The Morgan fingerprint density at radius 3 is 2.38 bits per heavy atom. The van der Waals surface area contributed by atoms with Gasteiger partial charge in [0.25, 0.3) is 0 Å². The molecule has 6 heteroatoms. The van der Waals surface area contributed by atoms with Crippen molar-refractivity contribution < 1.29 is 14.3 Å². The number of hydrogen-bond donors (Lipinski definition) is 3. The van der Waals surface area contributed by atoms with Crippen LogP contribution in [0, 0.1) is 11.8 Å². The summed E-state index contributed by atoms with van der Waals surface area (Å²) in [5.74, 6) is 1.54. The Morgan fingerprint density at radius 1 is 0.938 bits per heavy atom. The molecule has 1 saturated carbocycles. The van der Waals surface area contributed by atoms with Crippen molar-refractivity contribution in [3.05, 3.63) is 65.2 Å². The summed E-state index contributed by atoms with van der Waals surface area (Å²) in [4.78, 5) is 25.2. The van der Waals surface area contributed by atoms with Gasteiger partial charge < -0.3 is 20.7 Å². The van der Waals surface area contributed by atoms with E-state index >= 15 is 0 Å². The van der Waals surface area contributed by atoms with E-state index in [0.717, 1.165) is 50.0 Å². The lowest BCUT2D eigenvalue weighted by Crippen LogP contribution is -2.48. The molecule has 1 atom stereocenters. The number of rotatable bonds is 7. The van der Waals surface area contributed by atoms with Crippen molar-refractivity contribution in [2.45, 2.75) is 51.2 Å². The highest BCUT2D eigenvalue weighted by Gasteiger charge is 2.28. The first-order valence-corrected chi connectivity index (χ1v) is 11.6. The van der Waals surface area contributed by atoms with Crippen LogP contribution in [-0.2, 0) is 29.1 Å². The zero-order valence-corrected chi connectivity index (χ0v) is 18.7. The molecule has 4 rings (SSSR count). The summed E-state index contributed by atoms with van der Waals surface area (Å²) in [6.45, 7) is 1.97. The number of carbonyl (C=O) groups excluding carboxylic acids is 2. The molecule has 0 bridgehead atoms. The fourth-order valence-corrected chi connectivity index (χ4v) is 4.71. The minimum absolute atomic E-state index is 0.0664. The minimum atomic E-state index is -0.162. The molecule has 3 N–H and O–H groups in total. The van der Waals surface area contributed by atoms with Crippen LogP contribution in [0.15, 0.2) is 48.5 Å². The normalized spacial score (nSPS) is 22.5. The Morgan fingerprint density at radius 2 is 1.66 bits per heavy atom. The van der Waals surface area contributed by atoms with E-state index in [1.54, 1.807) is 7.11 Å².